The molecule has 1 aliphatic heterocycles. The lowest BCUT2D eigenvalue weighted by molar-refractivity contribution is 0.333. The van der Waals surface area contributed by atoms with Gasteiger partial charge in [-0.1, -0.05) is 0 Å². The number of fused-ring (bicyclic) bond motifs is 1. The smallest absolute Gasteiger partial charge is 0.243 e. The van der Waals surface area contributed by atoms with Crippen LogP contribution >= 0.6 is 0 Å². The number of nitrogens with zero attached hydrogens (tertiary/aromatic N) is 4. The molecule has 0 N–H and O–H groups in total. The molecule has 0 spiro atoms. The van der Waals surface area contributed by atoms with E-state index in [4.69, 9.17) is 0 Å². The Morgan fingerprint density at radius 3 is 2.55 bits per heavy atom. The molecule has 0 atom stereocenters. The summed E-state index contributed by atoms with van der Waals surface area (Å²) >= 11 is 0. The van der Waals surface area contributed by atoms with Crippen LogP contribution in [-0.2, 0) is 23.1 Å². The first-order valence-corrected chi connectivity index (χ1v) is 7.57. The van der Waals surface area contributed by atoms with Gasteiger partial charge < -0.3 is 4.57 Å². The molecule has 8 heteroatoms. The van der Waals surface area contributed by atoms with Crippen molar-refractivity contribution in [2.24, 2.45) is 0 Å². The van der Waals surface area contributed by atoms with E-state index >= 15 is 0 Å². The number of benzene rings is 1. The predicted molar refractivity (Wildman–Crippen MR) is 68.8 cm³/mol. The molecule has 0 aliphatic carbocycles. The second-order valence-electron chi connectivity index (χ2n) is 4.61. The number of halogens is 1. The van der Waals surface area contributed by atoms with E-state index in [9.17, 15) is 12.8 Å². The van der Waals surface area contributed by atoms with Crippen molar-refractivity contribution >= 4 is 10.0 Å². The minimum absolute atomic E-state index is 0.0867. The van der Waals surface area contributed by atoms with Crippen LogP contribution < -0.4 is 0 Å². The van der Waals surface area contributed by atoms with Crippen LogP contribution in [0.5, 0.6) is 0 Å². The molecule has 6 nitrogen and oxygen atoms in total. The van der Waals surface area contributed by atoms with Crippen molar-refractivity contribution in [1.29, 1.82) is 0 Å². The SMILES string of the molecule is Cc1nnc2n1CCN(S(=O)(=O)c1ccc(F)cc1)C2. The number of aryl methyl sites for hydroxylation is 1. The number of aromatic nitrogens is 3. The Bertz CT molecular complexity index is 739. The van der Waals surface area contributed by atoms with E-state index in [-0.39, 0.29) is 11.4 Å². The van der Waals surface area contributed by atoms with Gasteiger partial charge in [0.25, 0.3) is 0 Å². The van der Waals surface area contributed by atoms with Gasteiger partial charge in [-0.2, -0.15) is 4.31 Å². The molecule has 0 radical (unpaired) electrons. The van der Waals surface area contributed by atoms with Gasteiger partial charge in [0.1, 0.15) is 17.5 Å². The van der Waals surface area contributed by atoms with Crippen LogP contribution in [0.15, 0.2) is 29.2 Å². The van der Waals surface area contributed by atoms with Gasteiger partial charge in [0, 0.05) is 13.1 Å². The molecule has 3 rings (SSSR count). The van der Waals surface area contributed by atoms with Crippen molar-refractivity contribution in [2.75, 3.05) is 6.54 Å². The number of sulfonamides is 1. The maximum absolute atomic E-state index is 12.9. The lowest BCUT2D eigenvalue weighted by atomic mass is 10.4. The Morgan fingerprint density at radius 2 is 1.85 bits per heavy atom. The van der Waals surface area contributed by atoms with Crippen molar-refractivity contribution in [3.05, 3.63) is 41.7 Å². The van der Waals surface area contributed by atoms with Crippen LogP contribution in [0.2, 0.25) is 0 Å². The largest absolute Gasteiger partial charge is 0.313 e. The highest BCUT2D eigenvalue weighted by Gasteiger charge is 2.29. The van der Waals surface area contributed by atoms with Gasteiger partial charge in [0.05, 0.1) is 11.4 Å². The number of rotatable bonds is 2. The maximum atomic E-state index is 12.9. The maximum Gasteiger partial charge on any atom is 0.243 e. The van der Waals surface area contributed by atoms with Gasteiger partial charge in [-0.25, -0.2) is 12.8 Å². The Balaban J connectivity index is 1.92. The van der Waals surface area contributed by atoms with Gasteiger partial charge in [-0.3, -0.25) is 0 Å². The molecule has 2 heterocycles. The minimum Gasteiger partial charge on any atom is -0.313 e. The quantitative estimate of drug-likeness (QED) is 0.827. The summed E-state index contributed by atoms with van der Waals surface area (Å²) in [4.78, 5) is 0.0867. The van der Waals surface area contributed by atoms with Gasteiger partial charge in [-0.05, 0) is 31.2 Å². The average molecular weight is 296 g/mol. The summed E-state index contributed by atoms with van der Waals surface area (Å²) in [5.74, 6) is 0.941. The second-order valence-corrected chi connectivity index (χ2v) is 6.55. The monoisotopic (exact) mass is 296 g/mol. The fourth-order valence-corrected chi connectivity index (χ4v) is 3.63. The lowest BCUT2D eigenvalue weighted by Gasteiger charge is -2.26. The van der Waals surface area contributed by atoms with Crippen molar-refractivity contribution in [3.8, 4) is 0 Å². The summed E-state index contributed by atoms with van der Waals surface area (Å²) in [5, 5.41) is 7.92. The third-order valence-corrected chi connectivity index (χ3v) is 5.21. The molecule has 0 saturated heterocycles. The molecule has 106 valence electrons. The van der Waals surface area contributed by atoms with E-state index in [1.807, 2.05) is 11.5 Å². The van der Waals surface area contributed by atoms with Crippen molar-refractivity contribution < 1.29 is 12.8 Å². The first-order valence-electron chi connectivity index (χ1n) is 6.13. The van der Waals surface area contributed by atoms with E-state index < -0.39 is 15.8 Å². The first-order chi connectivity index (χ1) is 9.48. The first kappa shape index (κ1) is 13.2. The molecule has 20 heavy (non-hydrogen) atoms. The molecule has 0 amide bonds. The summed E-state index contributed by atoms with van der Waals surface area (Å²) in [6, 6.07) is 4.83. The van der Waals surface area contributed by atoms with E-state index in [0.717, 1.165) is 18.0 Å². The fourth-order valence-electron chi connectivity index (χ4n) is 2.24. The normalized spacial score (nSPS) is 16.1. The molecule has 0 saturated carbocycles. The standard InChI is InChI=1S/C12H13FN4O2S/c1-9-14-15-12-8-16(6-7-17(9)12)20(18,19)11-4-2-10(13)3-5-11/h2-5H,6-8H2,1H3. The van der Waals surface area contributed by atoms with Crippen LogP contribution in [-0.4, -0.2) is 34.0 Å². The molecule has 2 aromatic rings. The topological polar surface area (TPSA) is 68.1 Å². The molecule has 0 bridgehead atoms. The third kappa shape index (κ3) is 2.10. The highest BCUT2D eigenvalue weighted by Crippen LogP contribution is 2.21. The molecule has 1 aromatic heterocycles. The summed E-state index contributed by atoms with van der Waals surface area (Å²) < 4.78 is 41.0. The zero-order chi connectivity index (χ0) is 14.3. The molecule has 0 fully saturated rings. The average Bonchev–Trinajstić information content (AvgIpc) is 2.80. The van der Waals surface area contributed by atoms with Gasteiger partial charge >= 0.3 is 0 Å². The highest BCUT2D eigenvalue weighted by atomic mass is 32.2. The Labute approximate surface area is 115 Å². The molecule has 1 aromatic carbocycles. The van der Waals surface area contributed by atoms with Crippen molar-refractivity contribution in [1.82, 2.24) is 19.1 Å². The van der Waals surface area contributed by atoms with Gasteiger partial charge in [0.15, 0.2) is 0 Å². The van der Waals surface area contributed by atoms with Gasteiger partial charge in [-0.15, -0.1) is 10.2 Å². The zero-order valence-electron chi connectivity index (χ0n) is 10.8. The van der Waals surface area contributed by atoms with Crippen LogP contribution in [0, 0.1) is 12.7 Å². The van der Waals surface area contributed by atoms with Crippen LogP contribution in [0.1, 0.15) is 11.6 Å². The predicted octanol–water partition coefficient (Wildman–Crippen LogP) is 0.930. The Morgan fingerprint density at radius 1 is 1.15 bits per heavy atom. The van der Waals surface area contributed by atoms with Crippen LogP contribution in [0.4, 0.5) is 4.39 Å². The number of hydrogen-bond donors (Lipinski definition) is 0. The zero-order valence-corrected chi connectivity index (χ0v) is 11.6. The van der Waals surface area contributed by atoms with E-state index in [0.29, 0.717) is 18.9 Å². The molecule has 1 aliphatic rings. The number of hydrogen-bond acceptors (Lipinski definition) is 4. The summed E-state index contributed by atoms with van der Waals surface area (Å²) in [6.07, 6.45) is 0. The fraction of sp³-hybridized carbons (Fsp3) is 0.333. The Kier molecular flexibility index (Phi) is 3.06. The van der Waals surface area contributed by atoms with Crippen molar-refractivity contribution in [3.63, 3.8) is 0 Å². The second kappa shape index (κ2) is 4.64. The lowest BCUT2D eigenvalue weighted by Crippen LogP contribution is -2.38. The Hall–Kier alpha value is -1.80. The third-order valence-electron chi connectivity index (χ3n) is 3.35. The van der Waals surface area contributed by atoms with E-state index in [2.05, 4.69) is 10.2 Å². The summed E-state index contributed by atoms with van der Waals surface area (Å²) in [6.45, 7) is 2.89. The van der Waals surface area contributed by atoms with Crippen LogP contribution in [0.3, 0.4) is 0 Å². The molecular formula is C12H13FN4O2S. The van der Waals surface area contributed by atoms with Crippen LogP contribution in [0.25, 0.3) is 0 Å². The summed E-state index contributed by atoms with van der Waals surface area (Å²) in [7, 11) is -3.63. The molecular weight excluding hydrogens is 283 g/mol. The van der Waals surface area contributed by atoms with E-state index in [1.54, 1.807) is 0 Å². The van der Waals surface area contributed by atoms with Crippen molar-refractivity contribution in [2.45, 2.75) is 24.9 Å². The van der Waals surface area contributed by atoms with Gasteiger partial charge in [0.2, 0.25) is 10.0 Å². The minimum atomic E-state index is -3.63. The highest BCUT2D eigenvalue weighted by molar-refractivity contribution is 7.89. The van der Waals surface area contributed by atoms with E-state index in [1.165, 1.54) is 16.4 Å². The summed E-state index contributed by atoms with van der Waals surface area (Å²) in [5.41, 5.74) is 0. The molecule has 0 unspecified atom stereocenters.